The molecule has 0 spiro atoms. The van der Waals surface area contributed by atoms with Gasteiger partial charge >= 0.3 is 5.97 Å². The maximum Gasteiger partial charge on any atom is 0.335 e. The highest BCUT2D eigenvalue weighted by molar-refractivity contribution is 5.87. The Morgan fingerprint density at radius 1 is 1.30 bits per heavy atom. The summed E-state index contributed by atoms with van der Waals surface area (Å²) in [6, 6.07) is 5.68. The Hall–Kier alpha value is -2.27. The van der Waals surface area contributed by atoms with Gasteiger partial charge in [-0.15, -0.1) is 0 Å². The molecule has 2 N–H and O–H groups in total. The number of nitrogens with zero attached hydrogens (tertiary/aromatic N) is 1. The van der Waals surface area contributed by atoms with Gasteiger partial charge in [-0.25, -0.2) is 9.18 Å². The van der Waals surface area contributed by atoms with Crippen LogP contribution in [-0.2, 0) is 13.1 Å². The van der Waals surface area contributed by atoms with Crippen LogP contribution in [0.25, 0.3) is 0 Å². The Balaban J connectivity index is 2.02. The van der Waals surface area contributed by atoms with Gasteiger partial charge in [0, 0.05) is 31.0 Å². The summed E-state index contributed by atoms with van der Waals surface area (Å²) < 4.78 is 13.6. The molecule has 0 radical (unpaired) electrons. The Kier molecular flexibility index (Phi) is 4.42. The lowest BCUT2D eigenvalue weighted by atomic mass is 10.1. The van der Waals surface area contributed by atoms with Crippen LogP contribution in [0.4, 0.5) is 4.39 Å². The van der Waals surface area contributed by atoms with Crippen molar-refractivity contribution in [3.63, 3.8) is 0 Å². The standard InChI is InChI=1S/C15H15FN2O2/c1-10-7-17-5-4-12(10)8-18-9-13-6-11(15(19)20)2-3-14(13)16/h2-7,18H,8-9H2,1H3,(H,19,20). The van der Waals surface area contributed by atoms with Crippen LogP contribution < -0.4 is 5.32 Å². The molecular formula is C15H15FN2O2. The Morgan fingerprint density at radius 2 is 2.05 bits per heavy atom. The van der Waals surface area contributed by atoms with Gasteiger partial charge in [0.05, 0.1) is 5.56 Å². The Bertz CT molecular complexity index is 629. The van der Waals surface area contributed by atoms with E-state index >= 15 is 0 Å². The smallest absolute Gasteiger partial charge is 0.335 e. The number of aromatic carboxylic acids is 1. The van der Waals surface area contributed by atoms with E-state index in [1.54, 1.807) is 12.4 Å². The van der Waals surface area contributed by atoms with Crippen LogP contribution >= 0.6 is 0 Å². The lowest BCUT2D eigenvalue weighted by Gasteiger charge is -2.08. The van der Waals surface area contributed by atoms with Crippen molar-refractivity contribution in [2.45, 2.75) is 20.0 Å². The van der Waals surface area contributed by atoms with Gasteiger partial charge in [0.25, 0.3) is 0 Å². The number of benzene rings is 1. The molecule has 4 nitrogen and oxygen atoms in total. The second kappa shape index (κ2) is 6.25. The zero-order chi connectivity index (χ0) is 14.5. The summed E-state index contributed by atoms with van der Waals surface area (Å²) in [5.74, 6) is -1.47. The zero-order valence-corrected chi connectivity index (χ0v) is 11.1. The van der Waals surface area contributed by atoms with Crippen LogP contribution in [0.3, 0.4) is 0 Å². The quantitative estimate of drug-likeness (QED) is 0.879. The van der Waals surface area contributed by atoms with Crippen molar-refractivity contribution in [1.82, 2.24) is 10.3 Å². The largest absolute Gasteiger partial charge is 0.478 e. The molecule has 0 aliphatic heterocycles. The minimum atomic E-state index is -1.06. The highest BCUT2D eigenvalue weighted by Crippen LogP contribution is 2.11. The molecule has 0 aliphatic carbocycles. The molecule has 0 saturated heterocycles. The zero-order valence-electron chi connectivity index (χ0n) is 11.1. The summed E-state index contributed by atoms with van der Waals surface area (Å²) in [5, 5.41) is 12.0. The molecule has 0 saturated carbocycles. The first-order valence-electron chi connectivity index (χ1n) is 6.20. The minimum absolute atomic E-state index is 0.0864. The lowest BCUT2D eigenvalue weighted by Crippen LogP contribution is -2.15. The number of pyridine rings is 1. The first-order chi connectivity index (χ1) is 9.58. The van der Waals surface area contributed by atoms with E-state index in [1.165, 1.54) is 18.2 Å². The van der Waals surface area contributed by atoms with Crippen molar-refractivity contribution >= 4 is 5.97 Å². The van der Waals surface area contributed by atoms with Gasteiger partial charge < -0.3 is 10.4 Å². The lowest BCUT2D eigenvalue weighted by molar-refractivity contribution is 0.0696. The van der Waals surface area contributed by atoms with E-state index in [1.807, 2.05) is 13.0 Å². The summed E-state index contributed by atoms with van der Waals surface area (Å²) in [7, 11) is 0. The topological polar surface area (TPSA) is 62.2 Å². The minimum Gasteiger partial charge on any atom is -0.478 e. The molecule has 5 heteroatoms. The number of aromatic nitrogens is 1. The van der Waals surface area contributed by atoms with Crippen LogP contribution in [0.5, 0.6) is 0 Å². The fourth-order valence-electron chi connectivity index (χ4n) is 1.88. The van der Waals surface area contributed by atoms with Gasteiger partial charge in [0.15, 0.2) is 0 Å². The molecule has 0 fully saturated rings. The monoisotopic (exact) mass is 274 g/mol. The number of aryl methyl sites for hydroxylation is 1. The first-order valence-corrected chi connectivity index (χ1v) is 6.20. The predicted molar refractivity (Wildman–Crippen MR) is 72.9 cm³/mol. The maximum atomic E-state index is 13.6. The van der Waals surface area contributed by atoms with E-state index in [4.69, 9.17) is 5.11 Å². The molecule has 2 rings (SSSR count). The average molecular weight is 274 g/mol. The van der Waals surface area contributed by atoms with E-state index in [9.17, 15) is 9.18 Å². The molecular weight excluding hydrogens is 259 g/mol. The Labute approximate surface area is 116 Å². The second-order valence-electron chi connectivity index (χ2n) is 4.52. The van der Waals surface area contributed by atoms with Gasteiger partial charge in [-0.2, -0.15) is 0 Å². The van der Waals surface area contributed by atoms with Crippen molar-refractivity contribution in [2.75, 3.05) is 0 Å². The van der Waals surface area contributed by atoms with E-state index in [-0.39, 0.29) is 12.1 Å². The third-order valence-corrected chi connectivity index (χ3v) is 3.06. The van der Waals surface area contributed by atoms with Crippen molar-refractivity contribution < 1.29 is 14.3 Å². The van der Waals surface area contributed by atoms with Crippen molar-refractivity contribution in [3.8, 4) is 0 Å². The fraction of sp³-hybridized carbons (Fsp3) is 0.200. The molecule has 20 heavy (non-hydrogen) atoms. The molecule has 1 aromatic carbocycles. The van der Waals surface area contributed by atoms with Crippen molar-refractivity contribution in [1.29, 1.82) is 0 Å². The Morgan fingerprint density at radius 3 is 2.75 bits per heavy atom. The SMILES string of the molecule is Cc1cnccc1CNCc1cc(C(=O)O)ccc1F. The fourth-order valence-corrected chi connectivity index (χ4v) is 1.88. The normalized spacial score (nSPS) is 10.5. The predicted octanol–water partition coefficient (Wildman–Crippen LogP) is 2.52. The number of halogens is 1. The molecule has 1 aromatic heterocycles. The molecule has 0 bridgehead atoms. The van der Waals surface area contributed by atoms with Crippen LogP contribution in [0, 0.1) is 12.7 Å². The van der Waals surface area contributed by atoms with Gasteiger partial charge in [0.2, 0.25) is 0 Å². The third kappa shape index (κ3) is 3.39. The van der Waals surface area contributed by atoms with Crippen LogP contribution in [0.1, 0.15) is 27.0 Å². The van der Waals surface area contributed by atoms with Gasteiger partial charge in [-0.1, -0.05) is 0 Å². The molecule has 0 aliphatic rings. The van der Waals surface area contributed by atoms with E-state index in [2.05, 4.69) is 10.3 Å². The number of hydrogen-bond donors (Lipinski definition) is 2. The summed E-state index contributed by atoms with van der Waals surface area (Å²) in [5.41, 5.74) is 2.56. The average Bonchev–Trinajstić information content (AvgIpc) is 2.42. The van der Waals surface area contributed by atoms with Crippen molar-refractivity contribution in [2.24, 2.45) is 0 Å². The number of nitrogens with one attached hydrogen (secondary N) is 1. The maximum absolute atomic E-state index is 13.6. The second-order valence-corrected chi connectivity index (χ2v) is 4.52. The molecule has 2 aromatic rings. The van der Waals surface area contributed by atoms with Gasteiger partial charge in [-0.05, 0) is 42.3 Å². The van der Waals surface area contributed by atoms with Crippen LogP contribution in [-0.4, -0.2) is 16.1 Å². The highest BCUT2D eigenvalue weighted by atomic mass is 19.1. The van der Waals surface area contributed by atoms with E-state index in [0.29, 0.717) is 12.1 Å². The van der Waals surface area contributed by atoms with Gasteiger partial charge in [-0.3, -0.25) is 4.98 Å². The third-order valence-electron chi connectivity index (χ3n) is 3.06. The number of carbonyl (C=O) groups is 1. The molecule has 0 unspecified atom stereocenters. The number of rotatable bonds is 5. The molecule has 0 atom stereocenters. The molecule has 0 amide bonds. The van der Waals surface area contributed by atoms with Gasteiger partial charge in [0.1, 0.15) is 5.82 Å². The number of carboxylic acid groups (broad SMARTS) is 1. The number of carboxylic acids is 1. The summed E-state index contributed by atoms with van der Waals surface area (Å²) in [6.07, 6.45) is 3.47. The summed E-state index contributed by atoms with van der Waals surface area (Å²) in [6.45, 7) is 2.80. The number of hydrogen-bond acceptors (Lipinski definition) is 3. The van der Waals surface area contributed by atoms with E-state index in [0.717, 1.165) is 11.1 Å². The first kappa shape index (κ1) is 14.1. The summed E-state index contributed by atoms with van der Waals surface area (Å²) >= 11 is 0. The van der Waals surface area contributed by atoms with E-state index < -0.39 is 11.8 Å². The van der Waals surface area contributed by atoms with Crippen LogP contribution in [0.2, 0.25) is 0 Å². The molecule has 104 valence electrons. The van der Waals surface area contributed by atoms with Crippen LogP contribution in [0.15, 0.2) is 36.7 Å². The highest BCUT2D eigenvalue weighted by Gasteiger charge is 2.08. The molecule has 1 heterocycles. The van der Waals surface area contributed by atoms with Crippen molar-refractivity contribution in [3.05, 3.63) is 64.7 Å². The summed E-state index contributed by atoms with van der Waals surface area (Å²) in [4.78, 5) is 14.9.